The number of rotatable bonds is 6. The molecule has 0 saturated carbocycles. The number of pyridine rings is 1. The van der Waals surface area contributed by atoms with Crippen molar-refractivity contribution in [2.45, 2.75) is 12.7 Å². The van der Waals surface area contributed by atoms with Crippen molar-refractivity contribution in [3.63, 3.8) is 0 Å². The number of nitrogens with two attached hydrogens (primary N) is 1. The van der Waals surface area contributed by atoms with Gasteiger partial charge in [0.05, 0.1) is 18.2 Å². The molecule has 0 atom stereocenters. The third-order valence-corrected chi connectivity index (χ3v) is 6.53. The van der Waals surface area contributed by atoms with Crippen LogP contribution >= 0.6 is 0 Å². The molecule has 1 aliphatic heterocycles. The van der Waals surface area contributed by atoms with Gasteiger partial charge in [-0.3, -0.25) is 20.1 Å². The first kappa shape index (κ1) is 28.6. The molecule has 8 nitrogen and oxygen atoms in total. The van der Waals surface area contributed by atoms with Crippen LogP contribution in [0.5, 0.6) is 5.75 Å². The first-order valence-corrected chi connectivity index (χ1v) is 12.5. The van der Waals surface area contributed by atoms with Gasteiger partial charge >= 0.3 is 6.18 Å². The van der Waals surface area contributed by atoms with Crippen LogP contribution in [0.15, 0.2) is 54.9 Å². The summed E-state index contributed by atoms with van der Waals surface area (Å²) >= 11 is 0. The van der Waals surface area contributed by atoms with Crippen LogP contribution < -0.4 is 15.8 Å². The fourth-order valence-corrected chi connectivity index (χ4v) is 4.22. The summed E-state index contributed by atoms with van der Waals surface area (Å²) in [6.45, 7) is 3.14. The summed E-state index contributed by atoms with van der Waals surface area (Å²) in [5.74, 6) is 5.35. The number of ether oxygens (including phenoxy) is 1. The van der Waals surface area contributed by atoms with E-state index in [9.17, 15) is 18.0 Å². The number of nitrogen functional groups attached to an aromatic ring is 1. The zero-order valence-corrected chi connectivity index (χ0v) is 22.1. The minimum Gasteiger partial charge on any atom is -0.497 e. The first-order valence-electron chi connectivity index (χ1n) is 12.5. The quantitative estimate of drug-likeness (QED) is 0.242. The van der Waals surface area contributed by atoms with Crippen LogP contribution in [0.4, 0.5) is 24.5 Å². The number of nitrogens with one attached hydrogen (secondary N) is 2. The van der Waals surface area contributed by atoms with E-state index in [0.717, 1.165) is 19.2 Å². The van der Waals surface area contributed by atoms with E-state index in [0.29, 0.717) is 35.7 Å². The molecule has 4 rings (SSSR count). The predicted molar refractivity (Wildman–Crippen MR) is 148 cm³/mol. The van der Waals surface area contributed by atoms with Gasteiger partial charge in [0.2, 0.25) is 0 Å². The fourth-order valence-electron chi connectivity index (χ4n) is 4.22. The van der Waals surface area contributed by atoms with E-state index in [1.165, 1.54) is 37.7 Å². The van der Waals surface area contributed by atoms with E-state index in [2.05, 4.69) is 27.0 Å². The highest BCUT2D eigenvalue weighted by atomic mass is 19.4. The van der Waals surface area contributed by atoms with Gasteiger partial charge in [0, 0.05) is 67.6 Å². The van der Waals surface area contributed by atoms with Crippen LogP contribution in [-0.2, 0) is 12.7 Å². The van der Waals surface area contributed by atoms with E-state index >= 15 is 0 Å². The molecule has 0 unspecified atom stereocenters. The monoisotopic (exact) mass is 550 g/mol. The molecule has 40 heavy (non-hydrogen) atoms. The summed E-state index contributed by atoms with van der Waals surface area (Å²) in [5.41, 5.74) is 6.50. The number of anilines is 2. The van der Waals surface area contributed by atoms with Crippen LogP contribution in [0.2, 0.25) is 0 Å². The molecule has 0 aliphatic carbocycles. The fraction of sp³-hybridized carbons (Fsp3) is 0.276. The smallest absolute Gasteiger partial charge is 0.416 e. The molecule has 11 heteroatoms. The van der Waals surface area contributed by atoms with Crippen LogP contribution in [0.3, 0.4) is 0 Å². The molecule has 208 valence electrons. The number of amides is 1. The molecular weight excluding hydrogens is 521 g/mol. The molecular formula is C29H29F3N6O2. The summed E-state index contributed by atoms with van der Waals surface area (Å²) in [6.07, 6.45) is -1.87. The molecule has 2 aromatic carbocycles. The number of hydrogen-bond donors (Lipinski definition) is 3. The molecule has 0 radical (unpaired) electrons. The molecule has 0 spiro atoms. The van der Waals surface area contributed by atoms with E-state index in [-0.39, 0.29) is 29.1 Å². The average Bonchev–Trinajstić information content (AvgIpc) is 2.93. The summed E-state index contributed by atoms with van der Waals surface area (Å²) < 4.78 is 46.9. The second-order valence-electron chi connectivity index (χ2n) is 9.44. The number of hydrogen-bond acceptors (Lipinski definition) is 7. The SMILES string of the molecule is COc1ccc(N)c(C(=N)C#Cc2cncc(C(=O)Nc3ccc(CN4CCN(C)CC4)c(C(F)(F)F)c3)c2)c1. The summed E-state index contributed by atoms with van der Waals surface area (Å²) in [4.78, 5) is 21.0. The van der Waals surface area contributed by atoms with Gasteiger partial charge in [-0.2, -0.15) is 13.2 Å². The number of carbonyl (C=O) groups excluding carboxylic acids is 1. The van der Waals surface area contributed by atoms with Crippen molar-refractivity contribution >= 4 is 23.0 Å². The van der Waals surface area contributed by atoms with E-state index < -0.39 is 17.6 Å². The lowest BCUT2D eigenvalue weighted by atomic mass is 10.0. The Bertz CT molecular complexity index is 1470. The van der Waals surface area contributed by atoms with Gasteiger partial charge in [0.15, 0.2) is 0 Å². The zero-order valence-electron chi connectivity index (χ0n) is 22.1. The van der Waals surface area contributed by atoms with Crippen molar-refractivity contribution in [3.8, 4) is 17.6 Å². The Hall–Kier alpha value is -4.40. The molecule has 4 N–H and O–H groups in total. The van der Waals surface area contributed by atoms with E-state index in [1.54, 1.807) is 18.2 Å². The minimum absolute atomic E-state index is 0.0196. The molecule has 1 amide bonds. The second-order valence-corrected chi connectivity index (χ2v) is 9.44. The Morgan fingerprint density at radius 2 is 1.88 bits per heavy atom. The van der Waals surface area contributed by atoms with Gasteiger partial charge in [-0.25, -0.2) is 0 Å². The molecule has 1 aliphatic rings. The number of piperazine rings is 1. The number of nitrogens with zero attached hydrogens (tertiary/aromatic N) is 3. The largest absolute Gasteiger partial charge is 0.497 e. The van der Waals surface area contributed by atoms with Gasteiger partial charge in [-0.05, 0) is 54.9 Å². The van der Waals surface area contributed by atoms with Crippen molar-refractivity contribution in [2.75, 3.05) is 51.4 Å². The van der Waals surface area contributed by atoms with Crippen molar-refractivity contribution in [2.24, 2.45) is 0 Å². The minimum atomic E-state index is -4.57. The van der Waals surface area contributed by atoms with Gasteiger partial charge < -0.3 is 20.7 Å². The van der Waals surface area contributed by atoms with Crippen molar-refractivity contribution < 1.29 is 22.7 Å². The Kier molecular flexibility index (Phi) is 8.72. The average molecular weight is 551 g/mol. The standard InChI is InChI=1S/C29H29F3N6O2/c1-37-9-11-38(12-10-37)18-20-4-5-22(14-25(20)29(30,31)32)36-28(39)21-13-19(16-35-17-21)3-7-26(33)24-15-23(40-2)6-8-27(24)34/h4-6,8,13-17,33H,9-12,18,34H2,1-2H3,(H,36,39). The summed E-state index contributed by atoms with van der Waals surface area (Å²) in [6, 6.07) is 10.2. The van der Waals surface area contributed by atoms with Crippen molar-refractivity contribution in [1.82, 2.24) is 14.8 Å². The lowest BCUT2D eigenvalue weighted by molar-refractivity contribution is -0.138. The first-order chi connectivity index (χ1) is 19.0. The third-order valence-electron chi connectivity index (χ3n) is 6.53. The Morgan fingerprint density at radius 1 is 1.12 bits per heavy atom. The lowest BCUT2D eigenvalue weighted by Crippen LogP contribution is -2.44. The van der Waals surface area contributed by atoms with Crippen molar-refractivity contribution in [3.05, 3.63) is 82.7 Å². The van der Waals surface area contributed by atoms with Crippen molar-refractivity contribution in [1.29, 1.82) is 5.41 Å². The topological polar surface area (TPSA) is 108 Å². The highest BCUT2D eigenvalue weighted by Crippen LogP contribution is 2.34. The lowest BCUT2D eigenvalue weighted by Gasteiger charge is -2.33. The van der Waals surface area contributed by atoms with Gasteiger partial charge in [0.1, 0.15) is 11.5 Å². The van der Waals surface area contributed by atoms with Gasteiger partial charge in [-0.15, -0.1) is 0 Å². The van der Waals surface area contributed by atoms with Crippen LogP contribution in [0.1, 0.15) is 32.6 Å². The van der Waals surface area contributed by atoms with Crippen LogP contribution in [0.25, 0.3) is 0 Å². The Balaban J connectivity index is 1.49. The number of carbonyl (C=O) groups is 1. The zero-order chi connectivity index (χ0) is 28.9. The maximum atomic E-state index is 13.9. The van der Waals surface area contributed by atoms with Gasteiger partial charge in [-0.1, -0.05) is 12.0 Å². The Morgan fingerprint density at radius 3 is 2.58 bits per heavy atom. The highest BCUT2D eigenvalue weighted by molar-refractivity contribution is 6.14. The maximum absolute atomic E-state index is 13.9. The second kappa shape index (κ2) is 12.2. The molecule has 3 aromatic rings. The number of halogens is 3. The highest BCUT2D eigenvalue weighted by Gasteiger charge is 2.34. The van der Waals surface area contributed by atoms with E-state index in [1.807, 2.05) is 11.9 Å². The molecule has 1 aromatic heterocycles. The summed E-state index contributed by atoms with van der Waals surface area (Å²) in [5, 5.41) is 10.8. The molecule has 0 bridgehead atoms. The number of benzene rings is 2. The third kappa shape index (κ3) is 7.16. The molecule has 1 fully saturated rings. The normalized spacial score (nSPS) is 14.2. The number of likely N-dealkylation sites (N-methyl/N-ethyl adjacent to an activating group) is 1. The maximum Gasteiger partial charge on any atom is 0.416 e. The molecule has 1 saturated heterocycles. The predicted octanol–water partition coefficient (Wildman–Crippen LogP) is 4.11. The molecule has 2 heterocycles. The van der Waals surface area contributed by atoms with E-state index in [4.69, 9.17) is 15.9 Å². The number of aromatic nitrogens is 1. The van der Waals surface area contributed by atoms with Gasteiger partial charge in [0.25, 0.3) is 5.91 Å². The number of methoxy groups -OCH3 is 1. The van der Waals surface area contributed by atoms with Crippen LogP contribution in [0, 0.1) is 17.3 Å². The Labute approximate surface area is 230 Å². The van der Waals surface area contributed by atoms with Crippen LogP contribution in [-0.4, -0.2) is 66.7 Å². The number of alkyl halides is 3. The summed E-state index contributed by atoms with van der Waals surface area (Å²) in [7, 11) is 3.48.